The van der Waals surface area contributed by atoms with E-state index in [4.69, 9.17) is 11.6 Å². The maximum atomic E-state index is 10.7. The second-order valence-electron chi connectivity index (χ2n) is 5.07. The molecule has 1 N–H and O–H groups in total. The van der Waals surface area contributed by atoms with Crippen molar-refractivity contribution in [2.75, 3.05) is 6.54 Å². The highest BCUT2D eigenvalue weighted by atomic mass is 35.5. The van der Waals surface area contributed by atoms with Crippen LogP contribution >= 0.6 is 11.6 Å². The molecule has 0 atom stereocenters. The van der Waals surface area contributed by atoms with Crippen LogP contribution in [0.1, 0.15) is 19.5 Å². The van der Waals surface area contributed by atoms with Gasteiger partial charge in [0.25, 0.3) is 5.69 Å². The number of hydrogen-bond acceptors (Lipinski definition) is 5. The number of rotatable bonds is 6. The van der Waals surface area contributed by atoms with Gasteiger partial charge in [-0.1, -0.05) is 30.7 Å². The first-order chi connectivity index (χ1) is 9.97. The monoisotopic (exact) mass is 309 g/mol. The lowest BCUT2D eigenvalue weighted by molar-refractivity contribution is -0.384. The number of nitrogens with zero attached hydrogens (tertiary/aromatic N) is 4. The SMILES string of the molecule is CC(C)CNCc1cn(-c2ccc([N+](=O)[O-])cc2Cl)nn1. The summed E-state index contributed by atoms with van der Waals surface area (Å²) in [6.45, 7) is 5.76. The molecule has 21 heavy (non-hydrogen) atoms. The van der Waals surface area contributed by atoms with Crippen molar-refractivity contribution in [3.63, 3.8) is 0 Å². The Morgan fingerprint density at radius 3 is 2.86 bits per heavy atom. The molecule has 2 rings (SSSR count). The summed E-state index contributed by atoms with van der Waals surface area (Å²) in [5, 5.41) is 22.2. The first kappa shape index (κ1) is 15.4. The Hall–Kier alpha value is -1.99. The highest BCUT2D eigenvalue weighted by Gasteiger charge is 2.12. The van der Waals surface area contributed by atoms with Gasteiger partial charge in [0.1, 0.15) is 0 Å². The van der Waals surface area contributed by atoms with Gasteiger partial charge in [0.05, 0.1) is 27.5 Å². The van der Waals surface area contributed by atoms with Crippen LogP contribution in [-0.4, -0.2) is 26.5 Å². The third-order valence-electron chi connectivity index (χ3n) is 2.79. The molecule has 0 aliphatic heterocycles. The number of halogens is 1. The molecule has 7 nitrogen and oxygen atoms in total. The van der Waals surface area contributed by atoms with Gasteiger partial charge in [0, 0.05) is 18.7 Å². The average Bonchev–Trinajstić information content (AvgIpc) is 2.86. The van der Waals surface area contributed by atoms with Crippen LogP contribution < -0.4 is 5.32 Å². The Bertz CT molecular complexity index is 641. The second kappa shape index (κ2) is 6.64. The second-order valence-corrected chi connectivity index (χ2v) is 5.48. The minimum Gasteiger partial charge on any atom is -0.311 e. The Morgan fingerprint density at radius 2 is 2.24 bits per heavy atom. The van der Waals surface area contributed by atoms with Crippen molar-refractivity contribution in [3.8, 4) is 5.69 Å². The summed E-state index contributed by atoms with van der Waals surface area (Å²) in [5.74, 6) is 0.559. The number of hydrogen-bond donors (Lipinski definition) is 1. The molecule has 0 radical (unpaired) electrons. The number of benzene rings is 1. The lowest BCUT2D eigenvalue weighted by Gasteiger charge is -2.04. The van der Waals surface area contributed by atoms with E-state index in [-0.39, 0.29) is 10.7 Å². The molecule has 1 heterocycles. The molecular formula is C13H16ClN5O2. The van der Waals surface area contributed by atoms with Crippen LogP contribution in [0.25, 0.3) is 5.69 Å². The summed E-state index contributed by atoms with van der Waals surface area (Å²) in [5.41, 5.74) is 1.29. The van der Waals surface area contributed by atoms with Crippen LogP contribution in [0.15, 0.2) is 24.4 Å². The molecule has 112 valence electrons. The Labute approximate surface area is 127 Å². The summed E-state index contributed by atoms with van der Waals surface area (Å²) < 4.78 is 1.51. The molecule has 1 aromatic carbocycles. The van der Waals surface area contributed by atoms with E-state index in [1.807, 2.05) is 0 Å². The zero-order valence-corrected chi connectivity index (χ0v) is 12.5. The van der Waals surface area contributed by atoms with E-state index in [0.717, 1.165) is 12.2 Å². The molecule has 0 aliphatic carbocycles. The van der Waals surface area contributed by atoms with Gasteiger partial charge < -0.3 is 5.32 Å². The number of nitro benzene ring substituents is 1. The minimum atomic E-state index is -0.488. The van der Waals surface area contributed by atoms with Gasteiger partial charge in [-0.3, -0.25) is 10.1 Å². The number of nitro groups is 1. The first-order valence-electron chi connectivity index (χ1n) is 6.53. The maximum absolute atomic E-state index is 10.7. The number of nitrogens with one attached hydrogen (secondary N) is 1. The fraction of sp³-hybridized carbons (Fsp3) is 0.385. The normalized spacial score (nSPS) is 11.0. The van der Waals surface area contributed by atoms with Gasteiger partial charge in [0.15, 0.2) is 0 Å². The van der Waals surface area contributed by atoms with Crippen molar-refractivity contribution in [1.82, 2.24) is 20.3 Å². The largest absolute Gasteiger partial charge is 0.311 e. The summed E-state index contributed by atoms with van der Waals surface area (Å²) in [4.78, 5) is 10.2. The quantitative estimate of drug-likeness (QED) is 0.654. The predicted octanol–water partition coefficient (Wildman–Crippen LogP) is 2.57. The zero-order valence-electron chi connectivity index (χ0n) is 11.8. The van der Waals surface area contributed by atoms with Gasteiger partial charge in [0.2, 0.25) is 0 Å². The van der Waals surface area contributed by atoms with E-state index in [2.05, 4.69) is 29.5 Å². The third-order valence-corrected chi connectivity index (χ3v) is 3.09. The topological polar surface area (TPSA) is 85.9 Å². The van der Waals surface area contributed by atoms with Gasteiger partial charge in [-0.2, -0.15) is 0 Å². The summed E-state index contributed by atoms with van der Waals surface area (Å²) in [7, 11) is 0. The van der Waals surface area contributed by atoms with Crippen molar-refractivity contribution in [2.45, 2.75) is 20.4 Å². The molecule has 0 unspecified atom stereocenters. The van der Waals surface area contributed by atoms with Crippen LogP contribution in [0.3, 0.4) is 0 Å². The van der Waals surface area contributed by atoms with E-state index in [0.29, 0.717) is 18.2 Å². The van der Waals surface area contributed by atoms with Crippen LogP contribution in [-0.2, 0) is 6.54 Å². The number of aromatic nitrogens is 3. The smallest absolute Gasteiger partial charge is 0.271 e. The number of non-ortho nitro benzene ring substituents is 1. The molecule has 2 aromatic rings. The lowest BCUT2D eigenvalue weighted by Crippen LogP contribution is -2.19. The van der Waals surface area contributed by atoms with Crippen molar-refractivity contribution in [3.05, 3.63) is 45.2 Å². The van der Waals surface area contributed by atoms with E-state index in [1.165, 1.54) is 16.8 Å². The van der Waals surface area contributed by atoms with Gasteiger partial charge in [-0.05, 0) is 18.5 Å². The highest BCUT2D eigenvalue weighted by Crippen LogP contribution is 2.24. The fourth-order valence-corrected chi connectivity index (χ4v) is 2.04. The highest BCUT2D eigenvalue weighted by molar-refractivity contribution is 6.32. The standard InChI is InChI=1S/C13H16ClN5O2/c1-9(2)6-15-7-10-8-18(17-16-10)13-4-3-11(19(20)21)5-12(13)14/h3-5,8-9,15H,6-7H2,1-2H3. The summed E-state index contributed by atoms with van der Waals surface area (Å²) in [6, 6.07) is 4.25. The van der Waals surface area contributed by atoms with Crippen LogP contribution in [0, 0.1) is 16.0 Å². The van der Waals surface area contributed by atoms with E-state index in [1.54, 1.807) is 12.3 Å². The third kappa shape index (κ3) is 3.99. The molecule has 8 heteroatoms. The summed E-state index contributed by atoms with van der Waals surface area (Å²) in [6.07, 6.45) is 1.75. The Kier molecular flexibility index (Phi) is 4.87. The van der Waals surface area contributed by atoms with E-state index >= 15 is 0 Å². The Morgan fingerprint density at radius 1 is 1.48 bits per heavy atom. The molecule has 0 bridgehead atoms. The van der Waals surface area contributed by atoms with Crippen LogP contribution in [0.4, 0.5) is 5.69 Å². The fourth-order valence-electron chi connectivity index (χ4n) is 1.78. The van der Waals surface area contributed by atoms with Crippen molar-refractivity contribution >= 4 is 17.3 Å². The lowest BCUT2D eigenvalue weighted by atomic mass is 10.2. The molecule has 0 amide bonds. The maximum Gasteiger partial charge on any atom is 0.271 e. The molecule has 0 aliphatic rings. The molecule has 0 spiro atoms. The summed E-state index contributed by atoms with van der Waals surface area (Å²) >= 11 is 6.05. The van der Waals surface area contributed by atoms with Gasteiger partial charge >= 0.3 is 0 Å². The molecule has 0 saturated carbocycles. The van der Waals surface area contributed by atoms with Crippen molar-refractivity contribution in [1.29, 1.82) is 0 Å². The van der Waals surface area contributed by atoms with E-state index < -0.39 is 4.92 Å². The molecular weight excluding hydrogens is 294 g/mol. The molecule has 0 fully saturated rings. The van der Waals surface area contributed by atoms with Crippen molar-refractivity contribution in [2.24, 2.45) is 5.92 Å². The average molecular weight is 310 g/mol. The Balaban J connectivity index is 2.12. The first-order valence-corrected chi connectivity index (χ1v) is 6.91. The van der Waals surface area contributed by atoms with Crippen LogP contribution in [0.5, 0.6) is 0 Å². The molecule has 0 saturated heterocycles. The van der Waals surface area contributed by atoms with E-state index in [9.17, 15) is 10.1 Å². The zero-order chi connectivity index (χ0) is 15.4. The predicted molar refractivity (Wildman–Crippen MR) is 79.6 cm³/mol. The van der Waals surface area contributed by atoms with Gasteiger partial charge in [-0.25, -0.2) is 4.68 Å². The van der Waals surface area contributed by atoms with Gasteiger partial charge in [-0.15, -0.1) is 5.10 Å². The minimum absolute atomic E-state index is 0.0531. The molecule has 1 aromatic heterocycles. The van der Waals surface area contributed by atoms with Crippen LogP contribution in [0.2, 0.25) is 5.02 Å². The van der Waals surface area contributed by atoms with Crippen molar-refractivity contribution < 1.29 is 4.92 Å².